The maximum Gasteiger partial charge on any atom is 0.0273 e. The molecule has 0 radical (unpaired) electrons. The number of fused-ring (bicyclic) bond motifs is 8. The van der Waals surface area contributed by atoms with Crippen molar-refractivity contribution in [1.82, 2.24) is 0 Å². The summed E-state index contributed by atoms with van der Waals surface area (Å²) in [7, 11) is 0. The molecule has 0 aromatic heterocycles. The third kappa shape index (κ3) is 6.50. The second kappa shape index (κ2) is 15.9. The van der Waals surface area contributed by atoms with Gasteiger partial charge in [-0.3, -0.25) is 0 Å². The van der Waals surface area contributed by atoms with Crippen molar-refractivity contribution in [1.29, 1.82) is 0 Å². The monoisotopic (exact) mass is 914 g/mol. The Morgan fingerprint density at radius 3 is 1.03 bits per heavy atom. The SMILES string of the molecule is CC12CCCCC1(C)c1cc(-c3ccc4c(-c5ccc(-c6ccccc6)cc5)c5cc(-c6ccc7c(c6)C6(C)CCCCC6(C)S7)ccc5c(-c5ccc(-c6ccccc6)cc5)c4c3)ccc1S2. The number of hydrogen-bond acceptors (Lipinski definition) is 2. The van der Waals surface area contributed by atoms with Gasteiger partial charge in [-0.25, -0.2) is 0 Å². The van der Waals surface area contributed by atoms with Crippen molar-refractivity contribution >= 4 is 45.1 Å². The van der Waals surface area contributed by atoms with Gasteiger partial charge in [0.25, 0.3) is 0 Å². The molecule has 2 aliphatic heterocycles. The highest BCUT2D eigenvalue weighted by atomic mass is 32.2. The van der Waals surface area contributed by atoms with Crippen LogP contribution in [0.25, 0.3) is 88.3 Å². The van der Waals surface area contributed by atoms with Gasteiger partial charge in [0.1, 0.15) is 0 Å². The Bertz CT molecular complexity index is 3210. The summed E-state index contributed by atoms with van der Waals surface area (Å²) in [5.41, 5.74) is 18.7. The van der Waals surface area contributed by atoms with Crippen LogP contribution >= 0.6 is 23.5 Å². The predicted octanol–water partition coefficient (Wildman–Crippen LogP) is 19.4. The molecular formula is C66H58S2. The minimum absolute atomic E-state index is 0.183. The fraction of sp³-hybridized carbons (Fsp3) is 0.242. The van der Waals surface area contributed by atoms with Crippen LogP contribution in [0.15, 0.2) is 192 Å². The van der Waals surface area contributed by atoms with Gasteiger partial charge in [0, 0.05) is 30.1 Å². The molecule has 0 N–H and O–H groups in total. The first kappa shape index (κ1) is 42.3. The van der Waals surface area contributed by atoms with Crippen LogP contribution in [0.2, 0.25) is 0 Å². The van der Waals surface area contributed by atoms with E-state index in [4.69, 9.17) is 0 Å². The van der Waals surface area contributed by atoms with Crippen LogP contribution < -0.4 is 0 Å². The molecule has 13 rings (SSSR count). The minimum Gasteiger partial charge on any atom is -0.118 e. The van der Waals surface area contributed by atoms with E-state index in [2.05, 4.69) is 233 Å². The normalized spacial score (nSPS) is 23.8. The lowest BCUT2D eigenvalue weighted by atomic mass is 9.64. The molecule has 0 saturated heterocycles. The second-order valence-corrected chi connectivity index (χ2v) is 24.4. The summed E-state index contributed by atoms with van der Waals surface area (Å²) in [5.74, 6) is 0. The molecule has 9 aromatic rings. The number of hydrogen-bond donors (Lipinski definition) is 0. The quantitative estimate of drug-likeness (QED) is 0.152. The van der Waals surface area contributed by atoms with Crippen molar-refractivity contribution in [2.45, 2.75) is 109 Å². The van der Waals surface area contributed by atoms with Gasteiger partial charge in [0.2, 0.25) is 0 Å². The van der Waals surface area contributed by atoms with Crippen LogP contribution in [0.3, 0.4) is 0 Å². The zero-order valence-electron chi connectivity index (χ0n) is 39.8. The van der Waals surface area contributed by atoms with Gasteiger partial charge >= 0.3 is 0 Å². The van der Waals surface area contributed by atoms with Gasteiger partial charge in [-0.15, -0.1) is 23.5 Å². The molecule has 4 unspecified atom stereocenters. The average molecular weight is 915 g/mol. The smallest absolute Gasteiger partial charge is 0.0273 e. The molecule has 334 valence electrons. The lowest BCUT2D eigenvalue weighted by Gasteiger charge is -2.45. The number of thioether (sulfide) groups is 2. The van der Waals surface area contributed by atoms with Gasteiger partial charge in [0.05, 0.1) is 0 Å². The summed E-state index contributed by atoms with van der Waals surface area (Å²) < 4.78 is 0.509. The summed E-state index contributed by atoms with van der Waals surface area (Å²) in [4.78, 5) is 2.96. The van der Waals surface area contributed by atoms with Crippen molar-refractivity contribution < 1.29 is 0 Å². The highest BCUT2D eigenvalue weighted by Crippen LogP contribution is 2.64. The van der Waals surface area contributed by atoms with Crippen molar-refractivity contribution in [3.05, 3.63) is 193 Å². The molecule has 2 saturated carbocycles. The molecule has 68 heavy (non-hydrogen) atoms. The molecule has 0 spiro atoms. The van der Waals surface area contributed by atoms with E-state index in [0.717, 1.165) is 0 Å². The Morgan fingerprint density at radius 1 is 0.294 bits per heavy atom. The number of rotatable bonds is 6. The van der Waals surface area contributed by atoms with E-state index in [0.29, 0.717) is 0 Å². The van der Waals surface area contributed by atoms with E-state index in [1.807, 2.05) is 0 Å². The Balaban J connectivity index is 1.05. The highest BCUT2D eigenvalue weighted by Gasteiger charge is 2.54. The maximum atomic E-state index is 2.57. The molecule has 4 atom stereocenters. The van der Waals surface area contributed by atoms with Crippen LogP contribution in [0, 0.1) is 0 Å². The van der Waals surface area contributed by atoms with E-state index in [9.17, 15) is 0 Å². The average Bonchev–Trinajstić information content (AvgIpc) is 3.77. The van der Waals surface area contributed by atoms with E-state index < -0.39 is 0 Å². The van der Waals surface area contributed by atoms with Crippen molar-refractivity contribution in [3.8, 4) is 66.8 Å². The van der Waals surface area contributed by atoms with Crippen LogP contribution in [0.5, 0.6) is 0 Å². The van der Waals surface area contributed by atoms with Crippen molar-refractivity contribution in [2.24, 2.45) is 0 Å². The first-order valence-electron chi connectivity index (χ1n) is 25.1. The molecule has 2 heterocycles. The van der Waals surface area contributed by atoms with Gasteiger partial charge in [-0.05, 0) is 175 Å². The Hall–Kier alpha value is -5.80. The summed E-state index contributed by atoms with van der Waals surface area (Å²) in [5, 5.41) is 5.15. The molecule has 0 bridgehead atoms. The van der Waals surface area contributed by atoms with Gasteiger partial charge in [-0.2, -0.15) is 0 Å². The Kier molecular flexibility index (Phi) is 9.88. The standard InChI is InChI=1S/C66H58S2/c1-63-35-11-13-37-65(63,3)67-59-33-29-51(41-57(59)63)49-27-31-53-55(39-49)61(47-23-19-45(20-24-47)43-15-7-5-8-16-43)54-32-28-50(52-30-34-60-58(42-52)64(2)36-12-14-38-66(64,4)68-60)40-56(54)62(53)48-25-21-46(22-26-48)44-17-9-6-10-18-44/h5-10,15-34,39-42H,11-14,35-38H2,1-4H3. The van der Waals surface area contributed by atoms with E-state index in [1.54, 1.807) is 11.1 Å². The molecule has 2 heteroatoms. The van der Waals surface area contributed by atoms with Crippen LogP contribution in [0.1, 0.15) is 90.2 Å². The molecule has 9 aromatic carbocycles. The van der Waals surface area contributed by atoms with E-state index in [-0.39, 0.29) is 20.3 Å². The van der Waals surface area contributed by atoms with Gasteiger partial charge < -0.3 is 0 Å². The van der Waals surface area contributed by atoms with Crippen molar-refractivity contribution in [3.63, 3.8) is 0 Å². The molecule has 4 aliphatic rings. The summed E-state index contributed by atoms with van der Waals surface area (Å²) in [6, 6.07) is 69.9. The molecule has 2 aliphatic carbocycles. The predicted molar refractivity (Wildman–Crippen MR) is 294 cm³/mol. The molecular weight excluding hydrogens is 857 g/mol. The molecule has 2 fully saturated rings. The minimum atomic E-state index is 0.183. The highest BCUT2D eigenvalue weighted by molar-refractivity contribution is 8.01. The lowest BCUT2D eigenvalue weighted by molar-refractivity contribution is 0.260. The van der Waals surface area contributed by atoms with Crippen LogP contribution in [-0.4, -0.2) is 9.49 Å². The van der Waals surface area contributed by atoms with E-state index >= 15 is 0 Å². The summed E-state index contributed by atoms with van der Waals surface area (Å²) in [6.45, 7) is 10.2. The zero-order valence-corrected chi connectivity index (χ0v) is 41.4. The first-order valence-corrected chi connectivity index (χ1v) is 26.8. The topological polar surface area (TPSA) is 0 Å². The first-order chi connectivity index (χ1) is 33.1. The van der Waals surface area contributed by atoms with E-state index in [1.165, 1.54) is 149 Å². The second-order valence-electron chi connectivity index (χ2n) is 21.3. The third-order valence-electron chi connectivity index (χ3n) is 17.7. The van der Waals surface area contributed by atoms with Crippen LogP contribution in [-0.2, 0) is 10.8 Å². The molecule has 0 nitrogen and oxygen atoms in total. The van der Waals surface area contributed by atoms with Gasteiger partial charge in [0.15, 0.2) is 0 Å². The largest absolute Gasteiger partial charge is 0.118 e. The lowest BCUT2D eigenvalue weighted by Crippen LogP contribution is -2.43. The van der Waals surface area contributed by atoms with Gasteiger partial charge in [-0.1, -0.05) is 185 Å². The van der Waals surface area contributed by atoms with Crippen LogP contribution in [0.4, 0.5) is 0 Å². The van der Waals surface area contributed by atoms with Crippen molar-refractivity contribution in [2.75, 3.05) is 0 Å². The molecule has 0 amide bonds. The maximum absolute atomic E-state index is 2.57. The Morgan fingerprint density at radius 2 is 0.618 bits per heavy atom. The zero-order chi connectivity index (χ0) is 45.8. The summed E-state index contributed by atoms with van der Waals surface area (Å²) in [6.07, 6.45) is 10.4. The fourth-order valence-electron chi connectivity index (χ4n) is 13.2. The third-order valence-corrected chi connectivity index (χ3v) is 21.0. The summed E-state index contributed by atoms with van der Waals surface area (Å²) >= 11 is 4.27. The fourth-order valence-corrected chi connectivity index (χ4v) is 16.6. The number of benzene rings is 9. The Labute approximate surface area is 411 Å².